The molecule has 3 aromatic carbocycles. The van der Waals surface area contributed by atoms with Gasteiger partial charge in [0.15, 0.2) is 0 Å². The zero-order chi connectivity index (χ0) is 25.2. The van der Waals surface area contributed by atoms with Gasteiger partial charge in [-0.3, -0.25) is 4.79 Å². The number of nitrogens with zero attached hydrogens (tertiary/aromatic N) is 5. The minimum absolute atomic E-state index is 0.270. The maximum absolute atomic E-state index is 13.0. The number of rotatable bonds is 6. The molecule has 0 radical (unpaired) electrons. The summed E-state index contributed by atoms with van der Waals surface area (Å²) >= 11 is 1.39. The number of carbonyl (C=O) groups is 1. The average Bonchev–Trinajstić information content (AvgIpc) is 3.65. The number of carbonyl (C=O) groups excluding carboxylic acids is 1. The van der Waals surface area contributed by atoms with Crippen LogP contribution in [0.5, 0.6) is 0 Å². The summed E-state index contributed by atoms with van der Waals surface area (Å²) < 4.78 is 3.69. The number of thiophene rings is 1. The van der Waals surface area contributed by atoms with E-state index in [1.807, 2.05) is 120 Å². The van der Waals surface area contributed by atoms with Crippen molar-refractivity contribution in [2.24, 2.45) is 5.10 Å². The molecule has 0 saturated carbocycles. The molecule has 180 valence electrons. The molecule has 0 bridgehead atoms. The van der Waals surface area contributed by atoms with Crippen LogP contribution in [0.3, 0.4) is 0 Å². The van der Waals surface area contributed by atoms with Gasteiger partial charge in [-0.05, 0) is 37.3 Å². The van der Waals surface area contributed by atoms with Gasteiger partial charge in [-0.15, -0.1) is 11.3 Å². The van der Waals surface area contributed by atoms with Crippen LogP contribution in [0.25, 0.3) is 32.8 Å². The van der Waals surface area contributed by atoms with Crippen LogP contribution in [0.2, 0.25) is 0 Å². The summed E-state index contributed by atoms with van der Waals surface area (Å²) in [4.78, 5) is 14.5. The standard InChI is InChI=1S/C29H22N6OS/c1-20-25-17-26(37-29(25)35(32-20)24-15-9-4-10-16-24)28(36)31-30-18-22-19-34(23-13-7-3-8-14-23)33-27(22)21-11-5-2-6-12-21/h2-19H,1H3,(H,31,36)/b30-18-. The van der Waals surface area contributed by atoms with Gasteiger partial charge in [0.2, 0.25) is 0 Å². The second kappa shape index (κ2) is 9.67. The fourth-order valence-electron chi connectivity index (χ4n) is 4.13. The predicted molar refractivity (Wildman–Crippen MR) is 148 cm³/mol. The second-order valence-corrected chi connectivity index (χ2v) is 9.47. The molecular formula is C29H22N6OS. The van der Waals surface area contributed by atoms with Crippen LogP contribution in [0.15, 0.2) is 108 Å². The molecule has 37 heavy (non-hydrogen) atoms. The summed E-state index contributed by atoms with van der Waals surface area (Å²) in [6, 6.07) is 31.6. The van der Waals surface area contributed by atoms with Crippen molar-refractivity contribution in [2.75, 3.05) is 0 Å². The fourth-order valence-corrected chi connectivity index (χ4v) is 5.21. The highest BCUT2D eigenvalue weighted by Gasteiger charge is 2.17. The lowest BCUT2D eigenvalue weighted by molar-refractivity contribution is 0.0959. The molecule has 0 aliphatic carbocycles. The zero-order valence-electron chi connectivity index (χ0n) is 19.9. The first-order chi connectivity index (χ1) is 18.2. The van der Waals surface area contributed by atoms with E-state index in [-0.39, 0.29) is 5.91 Å². The number of fused-ring (bicyclic) bond motifs is 1. The fraction of sp³-hybridized carbons (Fsp3) is 0.0345. The van der Waals surface area contributed by atoms with Crippen LogP contribution in [-0.4, -0.2) is 31.7 Å². The SMILES string of the molecule is Cc1nn(-c2ccccc2)c2sc(C(=O)N/N=C\c3cn(-c4ccccc4)nc3-c3ccccc3)cc12. The van der Waals surface area contributed by atoms with E-state index in [9.17, 15) is 4.79 Å². The number of aromatic nitrogens is 4. The Hall–Kier alpha value is -4.82. The van der Waals surface area contributed by atoms with Crippen LogP contribution in [-0.2, 0) is 0 Å². The maximum Gasteiger partial charge on any atom is 0.281 e. The van der Waals surface area contributed by atoms with Gasteiger partial charge < -0.3 is 0 Å². The summed E-state index contributed by atoms with van der Waals surface area (Å²) in [5, 5.41) is 14.7. The Bertz CT molecular complexity index is 1720. The van der Waals surface area contributed by atoms with Crippen molar-refractivity contribution in [3.63, 3.8) is 0 Å². The number of hydrogen-bond acceptors (Lipinski definition) is 5. The Morgan fingerprint density at radius 1 is 0.892 bits per heavy atom. The Morgan fingerprint density at radius 2 is 1.54 bits per heavy atom. The van der Waals surface area contributed by atoms with Crippen molar-refractivity contribution < 1.29 is 4.79 Å². The van der Waals surface area contributed by atoms with Gasteiger partial charge in [-0.2, -0.15) is 15.3 Å². The molecule has 0 aliphatic heterocycles. The van der Waals surface area contributed by atoms with E-state index < -0.39 is 0 Å². The highest BCUT2D eigenvalue weighted by atomic mass is 32.1. The lowest BCUT2D eigenvalue weighted by Crippen LogP contribution is -2.16. The lowest BCUT2D eigenvalue weighted by Gasteiger charge is -2.01. The molecule has 1 amide bonds. The number of para-hydroxylation sites is 2. The minimum atomic E-state index is -0.270. The molecule has 3 aromatic heterocycles. The Balaban J connectivity index is 1.27. The molecule has 0 spiro atoms. The molecule has 6 rings (SSSR count). The molecule has 0 unspecified atom stereocenters. The van der Waals surface area contributed by atoms with Crippen molar-refractivity contribution in [3.8, 4) is 22.6 Å². The molecule has 0 aliphatic rings. The van der Waals surface area contributed by atoms with Crippen LogP contribution < -0.4 is 5.43 Å². The third-order valence-electron chi connectivity index (χ3n) is 5.95. The largest absolute Gasteiger partial charge is 0.281 e. The summed E-state index contributed by atoms with van der Waals surface area (Å²) in [7, 11) is 0. The van der Waals surface area contributed by atoms with Gasteiger partial charge in [-0.1, -0.05) is 66.7 Å². The van der Waals surface area contributed by atoms with E-state index in [0.29, 0.717) is 4.88 Å². The first-order valence-electron chi connectivity index (χ1n) is 11.8. The normalized spacial score (nSPS) is 11.4. The van der Waals surface area contributed by atoms with Crippen molar-refractivity contribution in [2.45, 2.75) is 6.92 Å². The van der Waals surface area contributed by atoms with Crippen molar-refractivity contribution in [1.82, 2.24) is 25.0 Å². The van der Waals surface area contributed by atoms with E-state index in [1.54, 1.807) is 6.21 Å². The summed E-state index contributed by atoms with van der Waals surface area (Å²) in [6.07, 6.45) is 3.54. The third kappa shape index (κ3) is 4.46. The van der Waals surface area contributed by atoms with Gasteiger partial charge in [0.05, 0.1) is 28.2 Å². The summed E-state index contributed by atoms with van der Waals surface area (Å²) in [5.74, 6) is -0.270. The highest BCUT2D eigenvalue weighted by molar-refractivity contribution is 7.20. The van der Waals surface area contributed by atoms with Crippen LogP contribution >= 0.6 is 11.3 Å². The average molecular weight is 503 g/mol. The van der Waals surface area contributed by atoms with Gasteiger partial charge in [0.1, 0.15) is 10.5 Å². The molecule has 8 heteroatoms. The molecule has 0 saturated heterocycles. The van der Waals surface area contributed by atoms with Crippen molar-refractivity contribution in [1.29, 1.82) is 0 Å². The van der Waals surface area contributed by atoms with Crippen molar-refractivity contribution in [3.05, 3.63) is 119 Å². The molecule has 0 fully saturated rings. The van der Waals surface area contributed by atoms with E-state index in [2.05, 4.69) is 15.6 Å². The smallest absolute Gasteiger partial charge is 0.266 e. The van der Waals surface area contributed by atoms with Gasteiger partial charge in [0.25, 0.3) is 5.91 Å². The third-order valence-corrected chi connectivity index (χ3v) is 7.06. The van der Waals surface area contributed by atoms with Gasteiger partial charge >= 0.3 is 0 Å². The Kier molecular flexibility index (Phi) is 5.92. The van der Waals surface area contributed by atoms with E-state index in [1.165, 1.54) is 11.3 Å². The molecule has 1 N–H and O–H groups in total. The minimum Gasteiger partial charge on any atom is -0.266 e. The summed E-state index contributed by atoms with van der Waals surface area (Å²) in [6.45, 7) is 1.95. The van der Waals surface area contributed by atoms with Crippen LogP contribution in [0.1, 0.15) is 20.9 Å². The molecule has 6 aromatic rings. The van der Waals surface area contributed by atoms with Crippen LogP contribution in [0.4, 0.5) is 0 Å². The van der Waals surface area contributed by atoms with E-state index in [0.717, 1.165) is 44.1 Å². The number of benzene rings is 3. The topological polar surface area (TPSA) is 77.1 Å². The Morgan fingerprint density at radius 3 is 2.24 bits per heavy atom. The van der Waals surface area contributed by atoms with Gasteiger partial charge in [0, 0.05) is 22.7 Å². The number of hydrogen-bond donors (Lipinski definition) is 1. The molecule has 7 nitrogen and oxygen atoms in total. The quantitative estimate of drug-likeness (QED) is 0.224. The number of nitrogens with one attached hydrogen (secondary N) is 1. The van der Waals surface area contributed by atoms with Gasteiger partial charge in [-0.25, -0.2) is 14.8 Å². The first kappa shape index (κ1) is 22.6. The number of hydrazone groups is 1. The monoisotopic (exact) mass is 502 g/mol. The second-order valence-electron chi connectivity index (χ2n) is 8.44. The number of amides is 1. The summed E-state index contributed by atoms with van der Waals surface area (Å²) in [5.41, 5.74) is 7.99. The molecular weight excluding hydrogens is 480 g/mol. The maximum atomic E-state index is 13.0. The Labute approximate surface area is 217 Å². The van der Waals surface area contributed by atoms with Crippen LogP contribution in [0, 0.1) is 6.92 Å². The number of aryl methyl sites for hydroxylation is 1. The zero-order valence-corrected chi connectivity index (χ0v) is 20.8. The molecule has 3 heterocycles. The van der Waals surface area contributed by atoms with E-state index >= 15 is 0 Å². The lowest BCUT2D eigenvalue weighted by atomic mass is 10.1. The predicted octanol–water partition coefficient (Wildman–Crippen LogP) is 6.01. The molecule has 0 atom stereocenters. The van der Waals surface area contributed by atoms with E-state index in [4.69, 9.17) is 5.10 Å². The first-order valence-corrected chi connectivity index (χ1v) is 12.6. The van der Waals surface area contributed by atoms with Crippen molar-refractivity contribution >= 4 is 33.7 Å². The highest BCUT2D eigenvalue weighted by Crippen LogP contribution is 2.30.